The molecule has 2 heteroatoms. The fourth-order valence-electron chi connectivity index (χ4n) is 6.57. The van der Waals surface area contributed by atoms with E-state index in [1.807, 2.05) is 0 Å². The molecule has 2 nitrogen and oxygen atoms in total. The number of anilines is 1. The van der Waals surface area contributed by atoms with Gasteiger partial charge in [-0.05, 0) is 45.8 Å². The minimum absolute atomic E-state index is 0.131. The van der Waals surface area contributed by atoms with Crippen LogP contribution in [0.3, 0.4) is 0 Å². The maximum Gasteiger partial charge on any atom is 0.178 e. The predicted molar refractivity (Wildman–Crippen MR) is 159 cm³/mol. The summed E-state index contributed by atoms with van der Waals surface area (Å²) in [5.41, 5.74) is 9.13. The molecule has 0 aromatic heterocycles. The van der Waals surface area contributed by atoms with Crippen LogP contribution in [0.15, 0.2) is 109 Å². The van der Waals surface area contributed by atoms with E-state index in [9.17, 15) is 0 Å². The van der Waals surface area contributed by atoms with E-state index in [0.29, 0.717) is 0 Å². The van der Waals surface area contributed by atoms with Gasteiger partial charge in [0.2, 0.25) is 0 Å². The lowest BCUT2D eigenvalue weighted by atomic mass is 9.77. The van der Waals surface area contributed by atoms with Gasteiger partial charge in [0.1, 0.15) is 5.75 Å². The van der Waals surface area contributed by atoms with E-state index in [1.165, 1.54) is 38.9 Å². The topological polar surface area (TPSA) is 12.5 Å². The van der Waals surface area contributed by atoms with Crippen LogP contribution in [-0.4, -0.2) is 14.1 Å². The van der Waals surface area contributed by atoms with Crippen molar-refractivity contribution in [3.63, 3.8) is 0 Å². The first kappa shape index (κ1) is 22.9. The molecule has 0 spiro atoms. The molecule has 1 aliphatic heterocycles. The normalized spacial score (nSPS) is 18.4. The fraction of sp³-hybridized carbons (Fsp3) is 0.167. The van der Waals surface area contributed by atoms with Gasteiger partial charge in [0.05, 0.1) is 0 Å². The van der Waals surface area contributed by atoms with Crippen LogP contribution in [0.25, 0.3) is 28.0 Å². The second kappa shape index (κ2) is 8.10. The molecule has 1 unspecified atom stereocenters. The molecule has 0 fully saturated rings. The third-order valence-corrected chi connectivity index (χ3v) is 8.46. The first-order valence-corrected chi connectivity index (χ1v) is 13.3. The molecule has 0 amide bonds. The van der Waals surface area contributed by atoms with Crippen LogP contribution in [0, 0.1) is 0 Å². The number of ether oxygens (including phenoxy) is 1. The molecule has 0 radical (unpaired) electrons. The Labute approximate surface area is 224 Å². The van der Waals surface area contributed by atoms with Gasteiger partial charge in [-0.1, -0.05) is 111 Å². The first-order chi connectivity index (χ1) is 18.4. The summed E-state index contributed by atoms with van der Waals surface area (Å²) in [4.78, 5) is 2.13. The summed E-state index contributed by atoms with van der Waals surface area (Å²) in [5, 5.41) is 2.41. The van der Waals surface area contributed by atoms with Crippen molar-refractivity contribution in [2.24, 2.45) is 0 Å². The lowest BCUT2D eigenvalue weighted by molar-refractivity contribution is 0.163. The van der Waals surface area contributed by atoms with Crippen molar-refractivity contribution < 1.29 is 4.74 Å². The SMILES string of the molecule is CN(C)c1ccc(C2(c3ccccc3)C=Cc3c4c(c5ccccc5c3O2)-c2ccccc2C4(C)C)cc1. The third kappa shape index (κ3) is 3.07. The average Bonchev–Trinajstić information content (AvgIpc) is 3.20. The Hall–Kier alpha value is -4.30. The lowest BCUT2D eigenvalue weighted by Crippen LogP contribution is -2.35. The van der Waals surface area contributed by atoms with Crippen LogP contribution in [0.2, 0.25) is 0 Å². The highest BCUT2D eigenvalue weighted by Crippen LogP contribution is 2.57. The van der Waals surface area contributed by atoms with Gasteiger partial charge in [-0.2, -0.15) is 0 Å². The van der Waals surface area contributed by atoms with E-state index in [4.69, 9.17) is 4.74 Å². The smallest absolute Gasteiger partial charge is 0.178 e. The Morgan fingerprint density at radius 2 is 1.29 bits per heavy atom. The van der Waals surface area contributed by atoms with Crippen LogP contribution in [0.5, 0.6) is 5.75 Å². The standard InChI is InChI=1S/C36H31NO/c1-35(2)31-17-11-10-16-29(31)32-27-14-8-9-15-28(27)34-30(33(32)35)22-23-36(38-34,24-12-6-5-7-13-24)25-18-20-26(21-19-25)37(3)4/h5-23H,1-4H3. The molecule has 0 N–H and O–H groups in total. The number of rotatable bonds is 3. The maximum atomic E-state index is 7.32. The van der Waals surface area contributed by atoms with Gasteiger partial charge in [0.25, 0.3) is 0 Å². The second-order valence-corrected chi connectivity index (χ2v) is 11.2. The maximum absolute atomic E-state index is 7.32. The summed E-state index contributed by atoms with van der Waals surface area (Å²) in [6.07, 6.45) is 4.59. The number of fused-ring (bicyclic) bond motifs is 8. The van der Waals surface area contributed by atoms with E-state index in [2.05, 4.69) is 148 Å². The molecular weight excluding hydrogens is 462 g/mol. The van der Waals surface area contributed by atoms with Gasteiger partial charge in [0, 0.05) is 47.3 Å². The van der Waals surface area contributed by atoms with Crippen molar-refractivity contribution in [3.05, 3.63) is 137 Å². The summed E-state index contributed by atoms with van der Waals surface area (Å²) in [6, 6.07) is 37.0. The van der Waals surface area contributed by atoms with Crippen molar-refractivity contribution in [2.75, 3.05) is 19.0 Å². The van der Waals surface area contributed by atoms with Gasteiger partial charge < -0.3 is 9.64 Å². The van der Waals surface area contributed by atoms with E-state index in [0.717, 1.165) is 22.3 Å². The van der Waals surface area contributed by atoms with Crippen molar-refractivity contribution in [2.45, 2.75) is 24.9 Å². The summed E-state index contributed by atoms with van der Waals surface area (Å²) < 4.78 is 7.32. The van der Waals surface area contributed by atoms with Crippen LogP contribution in [-0.2, 0) is 11.0 Å². The minimum Gasteiger partial charge on any atom is -0.472 e. The Morgan fingerprint density at radius 3 is 2.03 bits per heavy atom. The van der Waals surface area contributed by atoms with Crippen molar-refractivity contribution in [3.8, 4) is 16.9 Å². The van der Waals surface area contributed by atoms with Crippen LogP contribution >= 0.6 is 0 Å². The molecule has 2 aliphatic rings. The molecular formula is C36H31NO. The van der Waals surface area contributed by atoms with E-state index in [1.54, 1.807) is 0 Å². The van der Waals surface area contributed by atoms with Crippen molar-refractivity contribution in [1.29, 1.82) is 0 Å². The molecule has 1 aliphatic carbocycles. The summed E-state index contributed by atoms with van der Waals surface area (Å²) >= 11 is 0. The molecule has 1 atom stereocenters. The van der Waals surface area contributed by atoms with Crippen LogP contribution in [0.4, 0.5) is 5.69 Å². The third-order valence-electron chi connectivity index (χ3n) is 8.46. The monoisotopic (exact) mass is 493 g/mol. The van der Waals surface area contributed by atoms with Crippen LogP contribution in [0.1, 0.15) is 41.7 Å². The van der Waals surface area contributed by atoms with Gasteiger partial charge in [0.15, 0.2) is 5.60 Å². The largest absolute Gasteiger partial charge is 0.472 e. The van der Waals surface area contributed by atoms with E-state index < -0.39 is 5.60 Å². The van der Waals surface area contributed by atoms with E-state index in [-0.39, 0.29) is 5.41 Å². The zero-order valence-corrected chi connectivity index (χ0v) is 22.3. The summed E-state index contributed by atoms with van der Waals surface area (Å²) in [7, 11) is 4.14. The summed E-state index contributed by atoms with van der Waals surface area (Å²) in [5.74, 6) is 0.961. The zero-order valence-electron chi connectivity index (χ0n) is 22.3. The molecule has 0 saturated carbocycles. The molecule has 5 aromatic carbocycles. The van der Waals surface area contributed by atoms with Crippen molar-refractivity contribution >= 4 is 22.5 Å². The second-order valence-electron chi connectivity index (χ2n) is 11.2. The van der Waals surface area contributed by atoms with Gasteiger partial charge in [-0.25, -0.2) is 0 Å². The Morgan fingerprint density at radius 1 is 0.658 bits per heavy atom. The number of hydrogen-bond donors (Lipinski definition) is 0. The lowest BCUT2D eigenvalue weighted by Gasteiger charge is -2.38. The van der Waals surface area contributed by atoms with Gasteiger partial charge in [-0.15, -0.1) is 0 Å². The number of benzene rings is 5. The van der Waals surface area contributed by atoms with Gasteiger partial charge in [-0.3, -0.25) is 0 Å². The molecule has 0 saturated heterocycles. The quantitative estimate of drug-likeness (QED) is 0.250. The Bertz CT molecular complexity index is 1730. The highest BCUT2D eigenvalue weighted by atomic mass is 16.5. The van der Waals surface area contributed by atoms with E-state index >= 15 is 0 Å². The Balaban J connectivity index is 1.53. The molecule has 1 heterocycles. The highest BCUT2D eigenvalue weighted by molar-refractivity contribution is 6.08. The predicted octanol–water partition coefficient (Wildman–Crippen LogP) is 8.56. The molecule has 186 valence electrons. The van der Waals surface area contributed by atoms with Gasteiger partial charge >= 0.3 is 0 Å². The fourth-order valence-corrected chi connectivity index (χ4v) is 6.57. The average molecular weight is 494 g/mol. The minimum atomic E-state index is -0.730. The summed E-state index contributed by atoms with van der Waals surface area (Å²) in [6.45, 7) is 4.69. The molecule has 38 heavy (non-hydrogen) atoms. The molecule has 7 rings (SSSR count). The first-order valence-electron chi connectivity index (χ1n) is 13.3. The van der Waals surface area contributed by atoms with Crippen LogP contribution < -0.4 is 9.64 Å². The number of hydrogen-bond acceptors (Lipinski definition) is 2. The number of nitrogens with zero attached hydrogens (tertiary/aromatic N) is 1. The zero-order chi connectivity index (χ0) is 26.1. The molecule has 5 aromatic rings. The Kier molecular flexibility index (Phi) is 4.87. The highest BCUT2D eigenvalue weighted by Gasteiger charge is 2.44. The van der Waals surface area contributed by atoms with Crippen molar-refractivity contribution in [1.82, 2.24) is 0 Å². The molecule has 0 bridgehead atoms.